The highest BCUT2D eigenvalue weighted by molar-refractivity contribution is 14.0. The molecule has 0 spiro atoms. The Morgan fingerprint density at radius 3 is 2.48 bits per heavy atom. The molecule has 1 aromatic rings. The predicted molar refractivity (Wildman–Crippen MR) is 108 cm³/mol. The quantitative estimate of drug-likeness (QED) is 0.259. The Kier molecular flexibility index (Phi) is 10.3. The molecule has 1 atom stereocenters. The van der Waals surface area contributed by atoms with Crippen LogP contribution in [-0.4, -0.2) is 64.0 Å². The van der Waals surface area contributed by atoms with Crippen molar-refractivity contribution in [3.8, 4) is 0 Å². The molecule has 1 aliphatic rings. The molecule has 0 aliphatic carbocycles. The van der Waals surface area contributed by atoms with Gasteiger partial charge < -0.3 is 20.5 Å². The van der Waals surface area contributed by atoms with Crippen LogP contribution in [0.5, 0.6) is 0 Å². The fourth-order valence-electron chi connectivity index (χ4n) is 2.74. The Morgan fingerprint density at radius 1 is 1.30 bits per heavy atom. The number of guanidine groups is 1. The Morgan fingerprint density at radius 2 is 1.93 bits per heavy atom. The van der Waals surface area contributed by atoms with Crippen molar-refractivity contribution in [2.75, 3.05) is 53.1 Å². The van der Waals surface area contributed by atoms with Crippen molar-refractivity contribution in [3.05, 3.63) is 35.4 Å². The van der Waals surface area contributed by atoms with Crippen LogP contribution in [0, 0.1) is 0 Å². The van der Waals surface area contributed by atoms with E-state index >= 15 is 0 Å². The van der Waals surface area contributed by atoms with Crippen molar-refractivity contribution >= 4 is 29.9 Å². The standard InChI is InChI=1S/C17H25F3N4O2.HI/c1-25-9-6-22-16(21)23-12-15(24-7-10-26-11-8-24)13-2-4-14(5-3-13)17(18,19)20;/h2-5,15H,6-12H2,1H3,(H3,21,22,23);1H. The zero-order valence-corrected chi connectivity index (χ0v) is 17.5. The molecule has 0 bridgehead atoms. The van der Waals surface area contributed by atoms with Crippen LogP contribution in [0.15, 0.2) is 29.3 Å². The van der Waals surface area contributed by atoms with E-state index in [2.05, 4.69) is 15.2 Å². The number of halogens is 4. The van der Waals surface area contributed by atoms with Gasteiger partial charge in [0.05, 0.1) is 38.0 Å². The summed E-state index contributed by atoms with van der Waals surface area (Å²) in [5.41, 5.74) is 5.95. The largest absolute Gasteiger partial charge is 0.416 e. The van der Waals surface area contributed by atoms with Gasteiger partial charge >= 0.3 is 6.18 Å². The second-order valence-electron chi connectivity index (χ2n) is 5.93. The van der Waals surface area contributed by atoms with Gasteiger partial charge in [-0.2, -0.15) is 13.2 Å². The van der Waals surface area contributed by atoms with Crippen LogP contribution in [0.25, 0.3) is 0 Å². The number of aliphatic imine (C=N–C) groups is 1. The third-order valence-corrected chi connectivity index (χ3v) is 4.16. The number of nitrogens with two attached hydrogens (primary N) is 1. The van der Waals surface area contributed by atoms with E-state index in [1.165, 1.54) is 12.1 Å². The molecule has 1 aliphatic heterocycles. The average molecular weight is 502 g/mol. The monoisotopic (exact) mass is 502 g/mol. The lowest BCUT2D eigenvalue weighted by atomic mass is 10.0. The van der Waals surface area contributed by atoms with Gasteiger partial charge in [0, 0.05) is 26.7 Å². The maximum absolute atomic E-state index is 12.8. The molecule has 27 heavy (non-hydrogen) atoms. The summed E-state index contributed by atoms with van der Waals surface area (Å²) in [5, 5.41) is 2.93. The van der Waals surface area contributed by atoms with Crippen molar-refractivity contribution in [1.29, 1.82) is 0 Å². The number of nitrogens with zero attached hydrogens (tertiary/aromatic N) is 2. The maximum Gasteiger partial charge on any atom is 0.416 e. The van der Waals surface area contributed by atoms with Crippen LogP contribution >= 0.6 is 24.0 Å². The van der Waals surface area contributed by atoms with E-state index in [-0.39, 0.29) is 36.0 Å². The maximum atomic E-state index is 12.8. The molecule has 154 valence electrons. The fourth-order valence-corrected chi connectivity index (χ4v) is 2.74. The molecule has 0 saturated carbocycles. The highest BCUT2D eigenvalue weighted by Gasteiger charge is 2.31. The molecule has 10 heteroatoms. The summed E-state index contributed by atoms with van der Waals surface area (Å²) < 4.78 is 48.7. The van der Waals surface area contributed by atoms with Crippen molar-refractivity contribution in [3.63, 3.8) is 0 Å². The summed E-state index contributed by atoms with van der Waals surface area (Å²) in [6.45, 7) is 3.94. The van der Waals surface area contributed by atoms with Gasteiger partial charge in [-0.05, 0) is 17.7 Å². The first-order chi connectivity index (χ1) is 12.4. The first-order valence-electron chi connectivity index (χ1n) is 8.43. The topological polar surface area (TPSA) is 72.1 Å². The van der Waals surface area contributed by atoms with Gasteiger partial charge in [-0.3, -0.25) is 9.89 Å². The smallest absolute Gasteiger partial charge is 0.383 e. The minimum absolute atomic E-state index is 0. The SMILES string of the molecule is COCCNC(N)=NCC(c1ccc(C(F)(F)F)cc1)N1CCOCC1.I. The fraction of sp³-hybridized carbons (Fsp3) is 0.588. The van der Waals surface area contributed by atoms with Crippen LogP contribution < -0.4 is 11.1 Å². The van der Waals surface area contributed by atoms with E-state index in [1.54, 1.807) is 7.11 Å². The molecule has 2 rings (SSSR count). The van der Waals surface area contributed by atoms with Gasteiger partial charge in [0.2, 0.25) is 0 Å². The van der Waals surface area contributed by atoms with E-state index < -0.39 is 11.7 Å². The minimum atomic E-state index is -4.35. The van der Waals surface area contributed by atoms with E-state index in [0.29, 0.717) is 46.0 Å². The molecule has 0 radical (unpaired) electrons. The van der Waals surface area contributed by atoms with E-state index in [4.69, 9.17) is 15.2 Å². The number of hydrogen-bond acceptors (Lipinski definition) is 4. The van der Waals surface area contributed by atoms with Crippen molar-refractivity contribution in [2.24, 2.45) is 10.7 Å². The Hall–Kier alpha value is -1.11. The Balaban J connectivity index is 0.00000364. The molecule has 0 amide bonds. The number of alkyl halides is 3. The lowest BCUT2D eigenvalue weighted by Crippen LogP contribution is -2.41. The first kappa shape index (κ1) is 23.9. The van der Waals surface area contributed by atoms with Crippen LogP contribution in [-0.2, 0) is 15.7 Å². The molecule has 6 nitrogen and oxygen atoms in total. The van der Waals surface area contributed by atoms with Gasteiger partial charge in [-0.1, -0.05) is 12.1 Å². The number of benzene rings is 1. The molecule has 1 aromatic carbocycles. The lowest BCUT2D eigenvalue weighted by Gasteiger charge is -2.34. The second-order valence-corrected chi connectivity index (χ2v) is 5.93. The van der Waals surface area contributed by atoms with E-state index in [1.807, 2.05) is 0 Å². The number of ether oxygens (including phenoxy) is 2. The van der Waals surface area contributed by atoms with Crippen LogP contribution in [0.2, 0.25) is 0 Å². The number of morpholine rings is 1. The van der Waals surface area contributed by atoms with Gasteiger partial charge in [-0.25, -0.2) is 0 Å². The second kappa shape index (κ2) is 11.7. The average Bonchev–Trinajstić information content (AvgIpc) is 2.63. The molecule has 0 aromatic heterocycles. The molecule has 1 saturated heterocycles. The lowest BCUT2D eigenvalue weighted by molar-refractivity contribution is -0.137. The van der Waals surface area contributed by atoms with Gasteiger partial charge in [0.15, 0.2) is 5.96 Å². The molecular weight excluding hydrogens is 476 g/mol. The molecule has 3 N–H and O–H groups in total. The molecule has 1 heterocycles. The zero-order valence-electron chi connectivity index (χ0n) is 15.2. The summed E-state index contributed by atoms with van der Waals surface area (Å²) in [6, 6.07) is 5.06. The molecule has 1 fully saturated rings. The Labute approximate surface area is 174 Å². The number of nitrogens with one attached hydrogen (secondary N) is 1. The summed E-state index contributed by atoms with van der Waals surface area (Å²) >= 11 is 0. The van der Waals surface area contributed by atoms with Gasteiger partial charge in [-0.15, -0.1) is 24.0 Å². The van der Waals surface area contributed by atoms with Gasteiger partial charge in [0.1, 0.15) is 0 Å². The summed E-state index contributed by atoms with van der Waals surface area (Å²) in [5.74, 6) is 0.284. The van der Waals surface area contributed by atoms with Gasteiger partial charge in [0.25, 0.3) is 0 Å². The predicted octanol–water partition coefficient (Wildman–Crippen LogP) is 2.25. The minimum Gasteiger partial charge on any atom is -0.383 e. The highest BCUT2D eigenvalue weighted by Crippen LogP contribution is 2.31. The van der Waals surface area contributed by atoms with Crippen LogP contribution in [0.1, 0.15) is 17.2 Å². The summed E-state index contributed by atoms with van der Waals surface area (Å²) in [6.07, 6.45) is -4.35. The number of methoxy groups -OCH3 is 1. The highest BCUT2D eigenvalue weighted by atomic mass is 127. The van der Waals surface area contributed by atoms with Crippen molar-refractivity contribution in [1.82, 2.24) is 10.2 Å². The van der Waals surface area contributed by atoms with Crippen molar-refractivity contribution in [2.45, 2.75) is 12.2 Å². The van der Waals surface area contributed by atoms with Crippen LogP contribution in [0.4, 0.5) is 13.2 Å². The summed E-state index contributed by atoms with van der Waals surface area (Å²) in [7, 11) is 1.59. The Bertz CT molecular complexity index is 579. The third kappa shape index (κ3) is 7.80. The van der Waals surface area contributed by atoms with E-state index in [0.717, 1.165) is 17.7 Å². The third-order valence-electron chi connectivity index (χ3n) is 4.16. The summed E-state index contributed by atoms with van der Waals surface area (Å²) in [4.78, 5) is 6.49. The van der Waals surface area contributed by atoms with Crippen LogP contribution in [0.3, 0.4) is 0 Å². The molecule has 1 unspecified atom stereocenters. The number of hydrogen-bond donors (Lipinski definition) is 2. The van der Waals surface area contributed by atoms with Crippen molar-refractivity contribution < 1.29 is 22.6 Å². The zero-order chi connectivity index (χ0) is 19.0. The van der Waals surface area contributed by atoms with E-state index in [9.17, 15) is 13.2 Å². The normalized spacial score (nSPS) is 17.3. The molecular formula is C17H26F3IN4O2. The number of rotatable bonds is 7. The first-order valence-corrected chi connectivity index (χ1v) is 8.43.